The first-order chi connectivity index (χ1) is 12.5. The molecule has 2 N–H and O–H groups in total. The van der Waals surface area contributed by atoms with E-state index in [0.29, 0.717) is 16.3 Å². The largest absolute Gasteiger partial charge is 0.289 e. The molecule has 1 amide bonds. The van der Waals surface area contributed by atoms with E-state index in [-0.39, 0.29) is 11.4 Å². The van der Waals surface area contributed by atoms with E-state index in [0.717, 1.165) is 5.56 Å². The number of nitrogens with zero attached hydrogens (tertiary/aromatic N) is 3. The molecule has 0 radical (unpaired) electrons. The number of carbonyl (C=O) groups excluding carboxylic acids is 1. The number of hydrogen-bond acceptors (Lipinski definition) is 5. The summed E-state index contributed by atoms with van der Waals surface area (Å²) < 4.78 is 0. The number of non-ortho nitro benzene ring substituents is 1. The standard InChI is InChI=1S/C17H12ClN5O3/c18-13-6-4-12(5-7-13)15-9-16(21-20-15)17(24)22-19-10-11-2-1-3-14(8-11)23(25)26/h1-10H,(H,20,21)(H,22,24)/b19-10-. The summed E-state index contributed by atoms with van der Waals surface area (Å²) in [6.07, 6.45) is 1.32. The second-order valence-electron chi connectivity index (χ2n) is 5.22. The van der Waals surface area contributed by atoms with Gasteiger partial charge < -0.3 is 0 Å². The number of hydrogen-bond donors (Lipinski definition) is 2. The Morgan fingerprint density at radius 2 is 2.00 bits per heavy atom. The molecule has 2 aromatic carbocycles. The SMILES string of the molecule is O=C(N/N=C\c1cccc([N+](=O)[O-])c1)c1cc(-c2ccc(Cl)cc2)n[nH]1. The minimum absolute atomic E-state index is 0.0542. The highest BCUT2D eigenvalue weighted by Crippen LogP contribution is 2.20. The molecule has 0 fully saturated rings. The molecule has 26 heavy (non-hydrogen) atoms. The van der Waals surface area contributed by atoms with Crippen LogP contribution in [-0.2, 0) is 0 Å². The Hall–Kier alpha value is -3.52. The average molecular weight is 370 g/mol. The van der Waals surface area contributed by atoms with Gasteiger partial charge in [-0.25, -0.2) is 5.43 Å². The van der Waals surface area contributed by atoms with Gasteiger partial charge in [0.25, 0.3) is 11.6 Å². The van der Waals surface area contributed by atoms with Crippen molar-refractivity contribution in [3.63, 3.8) is 0 Å². The third-order valence-electron chi connectivity index (χ3n) is 3.42. The topological polar surface area (TPSA) is 113 Å². The lowest BCUT2D eigenvalue weighted by Crippen LogP contribution is -2.18. The van der Waals surface area contributed by atoms with Crippen LogP contribution in [0.25, 0.3) is 11.3 Å². The van der Waals surface area contributed by atoms with Crippen molar-refractivity contribution in [3.05, 3.63) is 81.0 Å². The minimum atomic E-state index is -0.501. The third kappa shape index (κ3) is 4.11. The molecule has 0 unspecified atom stereocenters. The highest BCUT2D eigenvalue weighted by atomic mass is 35.5. The van der Waals surface area contributed by atoms with E-state index < -0.39 is 10.8 Å². The quantitative estimate of drug-likeness (QED) is 0.407. The van der Waals surface area contributed by atoms with E-state index >= 15 is 0 Å². The lowest BCUT2D eigenvalue weighted by atomic mass is 10.1. The zero-order chi connectivity index (χ0) is 18.5. The molecular weight excluding hydrogens is 358 g/mol. The van der Waals surface area contributed by atoms with E-state index in [9.17, 15) is 14.9 Å². The second-order valence-corrected chi connectivity index (χ2v) is 5.66. The van der Waals surface area contributed by atoms with Gasteiger partial charge in [-0.3, -0.25) is 20.0 Å². The molecule has 130 valence electrons. The number of halogens is 1. The molecule has 0 atom stereocenters. The number of aromatic amines is 1. The first-order valence-corrected chi connectivity index (χ1v) is 7.80. The summed E-state index contributed by atoms with van der Waals surface area (Å²) in [5.74, 6) is -0.487. The first kappa shape index (κ1) is 17.3. The fourth-order valence-corrected chi connectivity index (χ4v) is 2.28. The van der Waals surface area contributed by atoms with Gasteiger partial charge in [-0.1, -0.05) is 35.9 Å². The van der Waals surface area contributed by atoms with Crippen LogP contribution >= 0.6 is 11.6 Å². The number of benzene rings is 2. The van der Waals surface area contributed by atoms with E-state index in [1.54, 1.807) is 36.4 Å². The van der Waals surface area contributed by atoms with Crippen molar-refractivity contribution >= 4 is 29.4 Å². The number of rotatable bonds is 5. The molecule has 9 heteroatoms. The van der Waals surface area contributed by atoms with Crippen molar-refractivity contribution in [2.45, 2.75) is 0 Å². The van der Waals surface area contributed by atoms with Crippen LogP contribution in [0.5, 0.6) is 0 Å². The van der Waals surface area contributed by atoms with Crippen LogP contribution in [0.2, 0.25) is 5.02 Å². The van der Waals surface area contributed by atoms with E-state index in [1.807, 2.05) is 0 Å². The van der Waals surface area contributed by atoms with Crippen molar-refractivity contribution in [2.75, 3.05) is 0 Å². The molecule has 3 aromatic rings. The summed E-state index contributed by atoms with van der Waals surface area (Å²) in [5.41, 5.74) is 4.41. The number of amides is 1. The molecule has 0 saturated carbocycles. The van der Waals surface area contributed by atoms with Crippen LogP contribution in [0.1, 0.15) is 16.1 Å². The van der Waals surface area contributed by atoms with Gasteiger partial charge >= 0.3 is 0 Å². The summed E-state index contributed by atoms with van der Waals surface area (Å²) in [4.78, 5) is 22.3. The molecule has 1 heterocycles. The van der Waals surface area contributed by atoms with Crippen molar-refractivity contribution in [2.24, 2.45) is 5.10 Å². The highest BCUT2D eigenvalue weighted by Gasteiger charge is 2.10. The second kappa shape index (κ2) is 7.58. The number of carbonyl (C=O) groups is 1. The Balaban J connectivity index is 1.66. The number of H-pyrrole nitrogens is 1. The van der Waals surface area contributed by atoms with Crippen LogP contribution in [0.3, 0.4) is 0 Å². The maximum absolute atomic E-state index is 12.1. The molecule has 3 rings (SSSR count). The lowest BCUT2D eigenvalue weighted by Gasteiger charge is -1.97. The number of nitro groups is 1. The van der Waals surface area contributed by atoms with Crippen molar-refractivity contribution in [1.82, 2.24) is 15.6 Å². The molecule has 0 spiro atoms. The van der Waals surface area contributed by atoms with Gasteiger partial charge in [0.15, 0.2) is 0 Å². The van der Waals surface area contributed by atoms with Crippen LogP contribution in [-0.4, -0.2) is 27.2 Å². The monoisotopic (exact) mass is 369 g/mol. The summed E-state index contributed by atoms with van der Waals surface area (Å²) in [5, 5.41) is 21.9. The van der Waals surface area contributed by atoms with E-state index in [2.05, 4.69) is 20.7 Å². The van der Waals surface area contributed by atoms with Crippen LogP contribution in [0.15, 0.2) is 59.7 Å². The molecule has 0 saturated heterocycles. The number of hydrazone groups is 1. The molecule has 8 nitrogen and oxygen atoms in total. The predicted octanol–water partition coefficient (Wildman–Crippen LogP) is 3.40. The summed E-state index contributed by atoms with van der Waals surface area (Å²) in [7, 11) is 0. The fourth-order valence-electron chi connectivity index (χ4n) is 2.15. The predicted molar refractivity (Wildman–Crippen MR) is 97.2 cm³/mol. The Morgan fingerprint density at radius 1 is 1.23 bits per heavy atom. The Bertz CT molecular complexity index is 982. The molecule has 0 bridgehead atoms. The molecular formula is C17H12ClN5O3. The Morgan fingerprint density at radius 3 is 2.73 bits per heavy atom. The van der Waals surface area contributed by atoms with Gasteiger partial charge in [0.1, 0.15) is 5.69 Å². The van der Waals surface area contributed by atoms with Crippen molar-refractivity contribution in [3.8, 4) is 11.3 Å². The fraction of sp³-hybridized carbons (Fsp3) is 0. The number of nitrogens with one attached hydrogen (secondary N) is 2. The summed E-state index contributed by atoms with van der Waals surface area (Å²) >= 11 is 5.84. The normalized spacial score (nSPS) is 10.8. The maximum atomic E-state index is 12.1. The molecule has 0 aliphatic heterocycles. The van der Waals surface area contributed by atoms with Crippen LogP contribution in [0, 0.1) is 10.1 Å². The molecule has 0 aliphatic carbocycles. The van der Waals surface area contributed by atoms with E-state index in [4.69, 9.17) is 11.6 Å². The van der Waals surface area contributed by atoms with Crippen molar-refractivity contribution < 1.29 is 9.72 Å². The van der Waals surface area contributed by atoms with E-state index in [1.165, 1.54) is 24.4 Å². The van der Waals surface area contributed by atoms with Gasteiger partial charge in [0.05, 0.1) is 16.8 Å². The van der Waals surface area contributed by atoms with Gasteiger partial charge in [0, 0.05) is 28.3 Å². The third-order valence-corrected chi connectivity index (χ3v) is 3.68. The Labute approximate surface area is 152 Å². The summed E-state index contributed by atoms with van der Waals surface area (Å²) in [6, 6.07) is 14.5. The zero-order valence-electron chi connectivity index (χ0n) is 13.2. The van der Waals surface area contributed by atoms with Crippen LogP contribution in [0.4, 0.5) is 5.69 Å². The summed E-state index contributed by atoms with van der Waals surface area (Å²) in [6.45, 7) is 0. The van der Waals surface area contributed by atoms with Gasteiger partial charge in [-0.2, -0.15) is 10.2 Å². The zero-order valence-corrected chi connectivity index (χ0v) is 14.0. The Kier molecular flexibility index (Phi) is 5.04. The molecule has 1 aromatic heterocycles. The highest BCUT2D eigenvalue weighted by molar-refractivity contribution is 6.30. The van der Waals surface area contributed by atoms with Crippen LogP contribution < -0.4 is 5.43 Å². The minimum Gasteiger partial charge on any atom is -0.272 e. The van der Waals surface area contributed by atoms with Gasteiger partial charge in [0.2, 0.25) is 0 Å². The maximum Gasteiger partial charge on any atom is 0.289 e. The number of nitro benzene ring substituents is 1. The first-order valence-electron chi connectivity index (χ1n) is 7.42. The van der Waals surface area contributed by atoms with Crippen molar-refractivity contribution in [1.29, 1.82) is 0 Å². The number of aromatic nitrogens is 2. The molecule has 0 aliphatic rings. The lowest BCUT2D eigenvalue weighted by molar-refractivity contribution is -0.384. The van der Waals surface area contributed by atoms with Gasteiger partial charge in [-0.05, 0) is 18.2 Å². The smallest absolute Gasteiger partial charge is 0.272 e. The van der Waals surface area contributed by atoms with Gasteiger partial charge in [-0.15, -0.1) is 0 Å². The average Bonchev–Trinajstić information content (AvgIpc) is 3.13.